The number of amides is 3. The third-order valence-electron chi connectivity index (χ3n) is 2.06. The summed E-state index contributed by atoms with van der Waals surface area (Å²) in [6.07, 6.45) is 0.575. The first-order chi connectivity index (χ1) is 7.90. The van der Waals surface area contributed by atoms with Gasteiger partial charge < -0.3 is 15.7 Å². The zero-order valence-corrected chi connectivity index (χ0v) is 10.8. The summed E-state index contributed by atoms with van der Waals surface area (Å²) < 4.78 is 0. The van der Waals surface area contributed by atoms with Crippen molar-refractivity contribution in [2.75, 3.05) is 0 Å². The molecule has 0 aromatic carbocycles. The molecule has 0 atom stereocenters. The summed E-state index contributed by atoms with van der Waals surface area (Å²) in [6.45, 7) is 6.85. The summed E-state index contributed by atoms with van der Waals surface area (Å²) in [7, 11) is -0.843. The molecule has 0 heterocycles. The van der Waals surface area contributed by atoms with E-state index in [1.54, 1.807) is 27.7 Å². The molecule has 3 amide bonds. The largest absolute Gasteiger partial charge is 0.503 e. The van der Waals surface area contributed by atoms with E-state index in [4.69, 9.17) is 0 Å². The van der Waals surface area contributed by atoms with E-state index in [1.165, 1.54) is 0 Å². The van der Waals surface area contributed by atoms with Crippen LogP contribution in [0.2, 0.25) is 0 Å². The minimum absolute atomic E-state index is 0.213. The normalized spacial score (nSPS) is 9.71. The second kappa shape index (κ2) is 7.70. The van der Waals surface area contributed by atoms with Crippen molar-refractivity contribution in [1.29, 1.82) is 0 Å². The lowest BCUT2D eigenvalue weighted by Gasteiger charge is -2.17. The number of hydrogen-bond donors (Lipinski definition) is 3. The molecule has 0 aromatic heterocycles. The van der Waals surface area contributed by atoms with Crippen LogP contribution in [-0.4, -0.2) is 24.8 Å². The van der Waals surface area contributed by atoms with Gasteiger partial charge in [0.05, 0.1) is 0 Å². The summed E-state index contributed by atoms with van der Waals surface area (Å²) in [5.41, 5.74) is 0. The van der Waals surface area contributed by atoms with Crippen molar-refractivity contribution >= 4 is 24.8 Å². The number of rotatable bonds is 6. The summed E-state index contributed by atoms with van der Waals surface area (Å²) in [6, 6.07) is 0. The Labute approximate surface area is 102 Å². The first-order valence-electron chi connectivity index (χ1n) is 5.79. The van der Waals surface area contributed by atoms with E-state index in [1.807, 2.05) is 0 Å². The zero-order valence-electron chi connectivity index (χ0n) is 10.8. The van der Waals surface area contributed by atoms with Crippen LogP contribution >= 0.6 is 0 Å². The van der Waals surface area contributed by atoms with Gasteiger partial charge in [0.15, 0.2) is 0 Å². The van der Waals surface area contributed by atoms with E-state index >= 15 is 0 Å². The van der Waals surface area contributed by atoms with E-state index in [-0.39, 0.29) is 36.5 Å². The Bertz CT molecular complexity index is 277. The van der Waals surface area contributed by atoms with Gasteiger partial charge in [-0.15, -0.1) is 0 Å². The van der Waals surface area contributed by atoms with Crippen LogP contribution < -0.4 is 15.7 Å². The summed E-state index contributed by atoms with van der Waals surface area (Å²) in [4.78, 5) is 33.9. The van der Waals surface area contributed by atoms with E-state index in [0.29, 0.717) is 0 Å². The molecule has 0 unspecified atom stereocenters. The summed E-state index contributed by atoms with van der Waals surface area (Å²) in [5, 5.41) is 7.57. The summed E-state index contributed by atoms with van der Waals surface area (Å²) >= 11 is 0. The number of hydrogen-bond acceptors (Lipinski definition) is 3. The number of carbonyl (C=O) groups is 3. The monoisotopic (exact) mass is 241 g/mol. The van der Waals surface area contributed by atoms with Crippen LogP contribution in [0.1, 0.15) is 40.5 Å². The van der Waals surface area contributed by atoms with Crippen LogP contribution in [0.3, 0.4) is 0 Å². The molecule has 0 rings (SSSR count). The molecule has 7 heteroatoms. The highest BCUT2D eigenvalue weighted by atomic mass is 16.2. The van der Waals surface area contributed by atoms with Crippen LogP contribution in [0.15, 0.2) is 0 Å². The van der Waals surface area contributed by atoms with Crippen molar-refractivity contribution in [3.63, 3.8) is 0 Å². The lowest BCUT2D eigenvalue weighted by molar-refractivity contribution is -0.122. The van der Waals surface area contributed by atoms with Gasteiger partial charge in [0, 0.05) is 18.8 Å². The highest BCUT2D eigenvalue weighted by Gasteiger charge is 2.24. The SMILES string of the molecule is CCC(=O)NB(NC(=O)CC)NC(=O)C(C)C. The van der Waals surface area contributed by atoms with Gasteiger partial charge in [-0.3, -0.25) is 14.4 Å². The fourth-order valence-corrected chi connectivity index (χ4v) is 0.943. The van der Waals surface area contributed by atoms with Crippen LogP contribution in [0.25, 0.3) is 0 Å². The van der Waals surface area contributed by atoms with Gasteiger partial charge in [0.1, 0.15) is 0 Å². The van der Waals surface area contributed by atoms with Gasteiger partial charge in [-0.05, 0) is 0 Å². The third-order valence-corrected chi connectivity index (χ3v) is 2.06. The van der Waals surface area contributed by atoms with Crippen LogP contribution in [-0.2, 0) is 14.4 Å². The predicted molar refractivity (Wildman–Crippen MR) is 65.6 cm³/mol. The van der Waals surface area contributed by atoms with Crippen molar-refractivity contribution in [3.05, 3.63) is 0 Å². The molecule has 0 aliphatic rings. The number of carbonyl (C=O) groups excluding carboxylic acids is 3. The van der Waals surface area contributed by atoms with Crippen LogP contribution in [0.4, 0.5) is 0 Å². The van der Waals surface area contributed by atoms with Crippen LogP contribution in [0.5, 0.6) is 0 Å². The fourth-order valence-electron chi connectivity index (χ4n) is 0.943. The maximum absolute atomic E-state index is 11.5. The van der Waals surface area contributed by atoms with Gasteiger partial charge in [-0.1, -0.05) is 27.7 Å². The average molecular weight is 241 g/mol. The molecular weight excluding hydrogens is 221 g/mol. The van der Waals surface area contributed by atoms with E-state index < -0.39 is 7.12 Å². The van der Waals surface area contributed by atoms with Gasteiger partial charge in [-0.2, -0.15) is 0 Å². The van der Waals surface area contributed by atoms with E-state index in [9.17, 15) is 14.4 Å². The average Bonchev–Trinajstić information content (AvgIpc) is 2.28. The van der Waals surface area contributed by atoms with Crippen molar-refractivity contribution in [2.45, 2.75) is 40.5 Å². The quantitative estimate of drug-likeness (QED) is 0.562. The Morgan fingerprint density at radius 1 is 0.941 bits per heavy atom. The summed E-state index contributed by atoms with van der Waals surface area (Å²) in [5.74, 6) is -0.928. The van der Waals surface area contributed by atoms with Crippen molar-refractivity contribution in [2.24, 2.45) is 5.92 Å². The van der Waals surface area contributed by atoms with Gasteiger partial charge in [0.25, 0.3) is 0 Å². The third kappa shape index (κ3) is 6.60. The molecule has 6 nitrogen and oxygen atoms in total. The number of nitrogens with one attached hydrogen (secondary N) is 3. The van der Waals surface area contributed by atoms with Crippen LogP contribution in [0, 0.1) is 5.92 Å². The molecule has 0 aromatic rings. The Morgan fingerprint density at radius 2 is 1.35 bits per heavy atom. The van der Waals surface area contributed by atoms with Gasteiger partial charge in [-0.25, -0.2) is 0 Å². The Hall–Kier alpha value is -1.53. The fraction of sp³-hybridized carbons (Fsp3) is 0.700. The molecule has 0 aliphatic heterocycles. The van der Waals surface area contributed by atoms with E-state index in [2.05, 4.69) is 15.7 Å². The minimum Gasteiger partial charge on any atom is -0.360 e. The van der Waals surface area contributed by atoms with E-state index in [0.717, 1.165) is 0 Å². The molecule has 0 saturated heterocycles. The lowest BCUT2D eigenvalue weighted by Crippen LogP contribution is -2.63. The minimum atomic E-state index is -0.843. The molecule has 0 fully saturated rings. The maximum atomic E-state index is 11.5. The second-order valence-corrected chi connectivity index (χ2v) is 3.94. The smallest absolute Gasteiger partial charge is 0.360 e. The second-order valence-electron chi connectivity index (χ2n) is 3.94. The molecular formula is C10H20BN3O3. The maximum Gasteiger partial charge on any atom is 0.503 e. The molecule has 0 radical (unpaired) electrons. The molecule has 0 bridgehead atoms. The molecule has 0 aliphatic carbocycles. The first kappa shape index (κ1) is 15.5. The first-order valence-corrected chi connectivity index (χ1v) is 5.79. The molecule has 0 spiro atoms. The Balaban J connectivity index is 4.44. The highest BCUT2D eigenvalue weighted by molar-refractivity contribution is 6.59. The lowest BCUT2D eigenvalue weighted by atomic mass is 9.91. The molecule has 17 heavy (non-hydrogen) atoms. The van der Waals surface area contributed by atoms with Crippen molar-refractivity contribution < 1.29 is 14.4 Å². The Kier molecular flexibility index (Phi) is 7.01. The predicted octanol–water partition coefficient (Wildman–Crippen LogP) is -0.204. The van der Waals surface area contributed by atoms with Gasteiger partial charge in [0.2, 0.25) is 17.7 Å². The molecule has 96 valence electrons. The highest BCUT2D eigenvalue weighted by Crippen LogP contribution is 1.90. The molecule has 0 saturated carbocycles. The van der Waals surface area contributed by atoms with Crippen molar-refractivity contribution in [3.8, 4) is 0 Å². The Morgan fingerprint density at radius 3 is 1.65 bits per heavy atom. The zero-order chi connectivity index (χ0) is 13.4. The van der Waals surface area contributed by atoms with Gasteiger partial charge >= 0.3 is 7.12 Å². The topological polar surface area (TPSA) is 87.3 Å². The molecule has 3 N–H and O–H groups in total. The van der Waals surface area contributed by atoms with Crippen molar-refractivity contribution in [1.82, 2.24) is 15.7 Å². The standard InChI is InChI=1S/C10H20BN3O3/c1-5-8(15)12-11(13-9(16)6-2)14-10(17)7(3)4/h7H,5-6H2,1-4H3,(H,12,15)(H,13,16)(H,14,17).